The number of imide groups is 1. The molecule has 2 aliphatic heterocycles. The van der Waals surface area contributed by atoms with Crippen LogP contribution in [0.1, 0.15) is 18.9 Å². The number of piperazine rings is 1. The Kier molecular flexibility index (Phi) is 8.96. The Morgan fingerprint density at radius 2 is 1.58 bits per heavy atom. The summed E-state index contributed by atoms with van der Waals surface area (Å²) in [6.07, 6.45) is 2.32. The number of para-hydroxylation sites is 2. The van der Waals surface area contributed by atoms with Crippen molar-refractivity contribution < 1.29 is 28.5 Å². The van der Waals surface area contributed by atoms with E-state index in [1.807, 2.05) is 25.1 Å². The number of ether oxygens (including phenoxy) is 4. The lowest BCUT2D eigenvalue weighted by Crippen LogP contribution is -2.47. The van der Waals surface area contributed by atoms with Gasteiger partial charge in [0.25, 0.3) is 5.91 Å². The fraction of sp³-hybridized carbons (Fsp3) is 0.429. The second-order valence-electron chi connectivity index (χ2n) is 8.99. The standard InChI is InChI=1S/C28H36N4O6/c1-5-38-23-10-7-6-9-22(23)31-15-13-30(14-16-31)11-8-12-32-27(33)21(29-28(32)34)17-20-18-24(35-2)26(37-4)25(19-20)36-3/h6-7,9-10,17-19H,5,8,11-16H2,1-4H3,(H,29,34)/b21-17-. The molecule has 10 heteroatoms. The van der Waals surface area contributed by atoms with Gasteiger partial charge in [-0.05, 0) is 55.8 Å². The van der Waals surface area contributed by atoms with E-state index in [2.05, 4.69) is 21.2 Å². The molecule has 2 fully saturated rings. The molecule has 0 saturated carbocycles. The number of nitrogens with one attached hydrogen (secondary N) is 1. The molecule has 10 nitrogen and oxygen atoms in total. The summed E-state index contributed by atoms with van der Waals surface area (Å²) in [5.74, 6) is 1.96. The lowest BCUT2D eigenvalue weighted by Gasteiger charge is -2.36. The Labute approximate surface area is 223 Å². The van der Waals surface area contributed by atoms with Gasteiger partial charge in [-0.25, -0.2) is 4.79 Å². The van der Waals surface area contributed by atoms with Crippen LogP contribution in [0.15, 0.2) is 42.1 Å². The fourth-order valence-corrected chi connectivity index (χ4v) is 4.79. The van der Waals surface area contributed by atoms with E-state index in [4.69, 9.17) is 18.9 Å². The van der Waals surface area contributed by atoms with Gasteiger partial charge in [0.1, 0.15) is 11.4 Å². The van der Waals surface area contributed by atoms with Crippen LogP contribution >= 0.6 is 0 Å². The average Bonchev–Trinajstić information content (AvgIpc) is 3.20. The molecule has 2 aromatic rings. The third kappa shape index (κ3) is 5.96. The molecule has 2 heterocycles. The minimum atomic E-state index is -0.411. The van der Waals surface area contributed by atoms with Gasteiger partial charge >= 0.3 is 6.03 Å². The van der Waals surface area contributed by atoms with Crippen molar-refractivity contribution in [3.05, 3.63) is 47.7 Å². The fourth-order valence-electron chi connectivity index (χ4n) is 4.79. The van der Waals surface area contributed by atoms with Crippen LogP contribution in [0.2, 0.25) is 0 Å². The van der Waals surface area contributed by atoms with E-state index in [0.717, 1.165) is 44.2 Å². The summed E-state index contributed by atoms with van der Waals surface area (Å²) in [6.45, 7) is 7.41. The summed E-state index contributed by atoms with van der Waals surface area (Å²) >= 11 is 0. The molecule has 0 atom stereocenters. The third-order valence-corrected chi connectivity index (χ3v) is 6.69. The van der Waals surface area contributed by atoms with Gasteiger partial charge < -0.3 is 29.2 Å². The molecule has 2 aromatic carbocycles. The number of amides is 3. The van der Waals surface area contributed by atoms with Crippen molar-refractivity contribution in [2.45, 2.75) is 13.3 Å². The van der Waals surface area contributed by atoms with Crippen LogP contribution in [0.3, 0.4) is 0 Å². The van der Waals surface area contributed by atoms with Crippen molar-refractivity contribution in [3.63, 3.8) is 0 Å². The van der Waals surface area contributed by atoms with E-state index in [-0.39, 0.29) is 11.6 Å². The summed E-state index contributed by atoms with van der Waals surface area (Å²) < 4.78 is 21.9. The zero-order chi connectivity index (χ0) is 27.1. The van der Waals surface area contributed by atoms with Gasteiger partial charge in [-0.15, -0.1) is 0 Å². The largest absolute Gasteiger partial charge is 0.493 e. The van der Waals surface area contributed by atoms with Gasteiger partial charge in [0.2, 0.25) is 5.75 Å². The Morgan fingerprint density at radius 1 is 0.895 bits per heavy atom. The highest BCUT2D eigenvalue weighted by Gasteiger charge is 2.33. The third-order valence-electron chi connectivity index (χ3n) is 6.69. The lowest BCUT2D eigenvalue weighted by molar-refractivity contribution is -0.122. The van der Waals surface area contributed by atoms with Crippen molar-refractivity contribution in [1.29, 1.82) is 0 Å². The van der Waals surface area contributed by atoms with Crippen LogP contribution in [0.5, 0.6) is 23.0 Å². The van der Waals surface area contributed by atoms with Crippen LogP contribution in [0.4, 0.5) is 10.5 Å². The molecule has 4 rings (SSSR count). The van der Waals surface area contributed by atoms with Gasteiger partial charge in [-0.1, -0.05) is 12.1 Å². The van der Waals surface area contributed by atoms with Crippen LogP contribution in [-0.2, 0) is 4.79 Å². The van der Waals surface area contributed by atoms with Crippen molar-refractivity contribution >= 4 is 23.7 Å². The monoisotopic (exact) mass is 524 g/mol. The maximum Gasteiger partial charge on any atom is 0.329 e. The molecule has 204 valence electrons. The summed E-state index contributed by atoms with van der Waals surface area (Å²) in [4.78, 5) is 31.5. The van der Waals surface area contributed by atoms with E-state index in [0.29, 0.717) is 42.4 Å². The number of carbonyl (C=O) groups is 2. The lowest BCUT2D eigenvalue weighted by atomic mass is 10.1. The van der Waals surface area contributed by atoms with Crippen LogP contribution in [-0.4, -0.2) is 88.9 Å². The number of nitrogens with zero attached hydrogens (tertiary/aromatic N) is 3. The smallest absolute Gasteiger partial charge is 0.329 e. The molecule has 0 aliphatic carbocycles. The normalized spacial score (nSPS) is 17.1. The highest BCUT2D eigenvalue weighted by molar-refractivity contribution is 6.14. The number of urea groups is 1. The Hall–Kier alpha value is -3.92. The number of anilines is 1. The predicted octanol–water partition coefficient (Wildman–Crippen LogP) is 3.22. The van der Waals surface area contributed by atoms with Crippen molar-refractivity contribution in [1.82, 2.24) is 15.1 Å². The maximum atomic E-state index is 13.0. The first-order chi connectivity index (χ1) is 18.5. The second kappa shape index (κ2) is 12.6. The topological polar surface area (TPSA) is 92.8 Å². The van der Waals surface area contributed by atoms with E-state index >= 15 is 0 Å². The summed E-state index contributed by atoms with van der Waals surface area (Å²) in [7, 11) is 4.58. The van der Waals surface area contributed by atoms with Crippen molar-refractivity contribution in [3.8, 4) is 23.0 Å². The van der Waals surface area contributed by atoms with Gasteiger partial charge in [0.05, 0.1) is 33.6 Å². The second-order valence-corrected chi connectivity index (χ2v) is 8.99. The number of benzene rings is 2. The van der Waals surface area contributed by atoms with Gasteiger partial charge in [-0.3, -0.25) is 14.6 Å². The maximum absolute atomic E-state index is 13.0. The van der Waals surface area contributed by atoms with Gasteiger partial charge in [0, 0.05) is 32.7 Å². The highest BCUT2D eigenvalue weighted by atomic mass is 16.5. The summed E-state index contributed by atoms with van der Waals surface area (Å²) in [5, 5.41) is 2.69. The number of methoxy groups -OCH3 is 3. The predicted molar refractivity (Wildman–Crippen MR) is 145 cm³/mol. The Morgan fingerprint density at radius 3 is 2.21 bits per heavy atom. The quantitative estimate of drug-likeness (QED) is 0.354. The minimum absolute atomic E-state index is 0.214. The molecule has 0 aromatic heterocycles. The molecule has 0 unspecified atom stereocenters. The molecular formula is C28H36N4O6. The summed E-state index contributed by atoms with van der Waals surface area (Å²) in [5.41, 5.74) is 1.99. The molecule has 0 radical (unpaired) electrons. The Bertz CT molecular complexity index is 1150. The van der Waals surface area contributed by atoms with Crippen LogP contribution in [0, 0.1) is 0 Å². The Balaban J connectivity index is 1.31. The highest BCUT2D eigenvalue weighted by Crippen LogP contribution is 2.39. The molecule has 0 spiro atoms. The summed E-state index contributed by atoms with van der Waals surface area (Å²) in [6, 6.07) is 11.2. The van der Waals surface area contributed by atoms with Crippen LogP contribution < -0.4 is 29.2 Å². The van der Waals surface area contributed by atoms with E-state index in [1.165, 1.54) is 26.2 Å². The minimum Gasteiger partial charge on any atom is -0.493 e. The zero-order valence-electron chi connectivity index (χ0n) is 22.5. The van der Waals surface area contributed by atoms with Gasteiger partial charge in [-0.2, -0.15) is 0 Å². The number of carbonyl (C=O) groups excluding carboxylic acids is 2. The zero-order valence-corrected chi connectivity index (χ0v) is 22.5. The first-order valence-corrected chi connectivity index (χ1v) is 12.8. The van der Waals surface area contributed by atoms with E-state index in [9.17, 15) is 9.59 Å². The molecule has 1 N–H and O–H groups in total. The van der Waals surface area contributed by atoms with Crippen molar-refractivity contribution in [2.24, 2.45) is 0 Å². The molecule has 3 amide bonds. The van der Waals surface area contributed by atoms with E-state index < -0.39 is 6.03 Å². The first-order valence-electron chi connectivity index (χ1n) is 12.8. The van der Waals surface area contributed by atoms with Crippen LogP contribution in [0.25, 0.3) is 6.08 Å². The molecule has 38 heavy (non-hydrogen) atoms. The molecular weight excluding hydrogens is 488 g/mol. The SMILES string of the molecule is CCOc1ccccc1N1CCN(CCCN2C(=O)N/C(=C\c3cc(OC)c(OC)c(OC)c3)C2=O)CC1. The molecule has 0 bridgehead atoms. The number of hydrogen-bond acceptors (Lipinski definition) is 8. The number of hydrogen-bond donors (Lipinski definition) is 1. The average molecular weight is 525 g/mol. The molecule has 2 aliphatic rings. The van der Waals surface area contributed by atoms with Gasteiger partial charge in [0.15, 0.2) is 11.5 Å². The molecule has 2 saturated heterocycles. The number of rotatable bonds is 11. The van der Waals surface area contributed by atoms with Crippen molar-refractivity contribution in [2.75, 3.05) is 72.1 Å². The van der Waals surface area contributed by atoms with E-state index in [1.54, 1.807) is 18.2 Å². The first kappa shape index (κ1) is 27.1.